The Hall–Kier alpha value is -1.48. The number of fused-ring (bicyclic) bond motifs is 1. The molecule has 0 radical (unpaired) electrons. The molecule has 1 aromatic heterocycles. The van der Waals surface area contributed by atoms with Crippen molar-refractivity contribution in [3.8, 4) is 5.75 Å². The molecular weight excluding hydrogens is 178 g/mol. The summed E-state index contributed by atoms with van der Waals surface area (Å²) < 4.78 is 5.34. The fourth-order valence-corrected chi connectivity index (χ4v) is 1.59. The molecule has 0 fully saturated rings. The smallest absolute Gasteiger partial charge is 0.137 e. The van der Waals surface area contributed by atoms with Crippen LogP contribution in [0.15, 0.2) is 28.9 Å². The van der Waals surface area contributed by atoms with Crippen LogP contribution in [0.2, 0.25) is 0 Å². The summed E-state index contributed by atoms with van der Waals surface area (Å²) in [6.45, 7) is 0.768. The molecule has 14 heavy (non-hydrogen) atoms. The van der Waals surface area contributed by atoms with Crippen LogP contribution < -0.4 is 0 Å². The van der Waals surface area contributed by atoms with Crippen molar-refractivity contribution in [3.05, 3.63) is 30.0 Å². The van der Waals surface area contributed by atoms with Crippen LogP contribution in [0.4, 0.5) is 0 Å². The highest BCUT2D eigenvalue weighted by Gasteiger charge is 2.09. The zero-order chi connectivity index (χ0) is 10.1. The Balaban J connectivity index is 2.55. The summed E-state index contributed by atoms with van der Waals surface area (Å²) in [6, 6.07) is 5.31. The van der Waals surface area contributed by atoms with Gasteiger partial charge in [-0.2, -0.15) is 0 Å². The molecule has 74 valence electrons. The molecule has 0 aliphatic heterocycles. The van der Waals surface area contributed by atoms with Crippen molar-refractivity contribution in [1.82, 2.24) is 4.90 Å². The van der Waals surface area contributed by atoms with Crippen LogP contribution in [-0.2, 0) is 6.54 Å². The van der Waals surface area contributed by atoms with E-state index in [-0.39, 0.29) is 5.75 Å². The van der Waals surface area contributed by atoms with Crippen LogP contribution >= 0.6 is 0 Å². The second kappa shape index (κ2) is 3.35. The minimum atomic E-state index is 0.285. The van der Waals surface area contributed by atoms with Gasteiger partial charge in [0.1, 0.15) is 11.3 Å². The largest absolute Gasteiger partial charge is 0.507 e. The van der Waals surface area contributed by atoms with Crippen LogP contribution in [0, 0.1) is 0 Å². The van der Waals surface area contributed by atoms with Gasteiger partial charge in [0, 0.05) is 12.1 Å². The number of furan rings is 1. The molecule has 0 amide bonds. The van der Waals surface area contributed by atoms with Gasteiger partial charge >= 0.3 is 0 Å². The summed E-state index contributed by atoms with van der Waals surface area (Å²) in [6.07, 6.45) is 1.70. The first-order valence-electron chi connectivity index (χ1n) is 4.51. The van der Waals surface area contributed by atoms with E-state index in [1.54, 1.807) is 18.4 Å². The lowest BCUT2D eigenvalue weighted by Gasteiger charge is -2.07. The molecule has 0 bridgehead atoms. The molecule has 0 aliphatic rings. The molecule has 3 heteroatoms. The van der Waals surface area contributed by atoms with Crippen LogP contribution in [0.3, 0.4) is 0 Å². The second-order valence-electron chi connectivity index (χ2n) is 3.65. The topological polar surface area (TPSA) is 36.6 Å². The lowest BCUT2D eigenvalue weighted by atomic mass is 10.1. The van der Waals surface area contributed by atoms with E-state index in [2.05, 4.69) is 0 Å². The standard InChI is InChI=1S/C11H13NO2/c1-12(2)6-8-7-14-10-5-3-4-9(13)11(8)10/h3-5,7,13H,6H2,1-2H3. The van der Waals surface area contributed by atoms with Gasteiger partial charge in [0.15, 0.2) is 0 Å². The summed E-state index contributed by atoms with van der Waals surface area (Å²) in [5, 5.41) is 10.5. The van der Waals surface area contributed by atoms with Crippen molar-refractivity contribution < 1.29 is 9.52 Å². The molecule has 1 heterocycles. The maximum absolute atomic E-state index is 9.68. The first-order valence-corrected chi connectivity index (χ1v) is 4.51. The number of nitrogens with zero attached hydrogens (tertiary/aromatic N) is 1. The Morgan fingerprint density at radius 2 is 2.14 bits per heavy atom. The predicted octanol–water partition coefficient (Wildman–Crippen LogP) is 2.20. The molecule has 3 nitrogen and oxygen atoms in total. The van der Waals surface area contributed by atoms with Gasteiger partial charge in [0.25, 0.3) is 0 Å². The van der Waals surface area contributed by atoms with Gasteiger partial charge < -0.3 is 14.4 Å². The molecule has 0 aliphatic carbocycles. The molecule has 1 N–H and O–H groups in total. The number of rotatable bonds is 2. The van der Waals surface area contributed by atoms with Gasteiger partial charge in [-0.25, -0.2) is 0 Å². The summed E-state index contributed by atoms with van der Waals surface area (Å²) in [5.74, 6) is 0.285. The summed E-state index contributed by atoms with van der Waals surface area (Å²) in [5.41, 5.74) is 1.75. The normalized spacial score (nSPS) is 11.4. The summed E-state index contributed by atoms with van der Waals surface area (Å²) in [4.78, 5) is 2.04. The summed E-state index contributed by atoms with van der Waals surface area (Å²) in [7, 11) is 3.97. The number of hydrogen-bond acceptors (Lipinski definition) is 3. The van der Waals surface area contributed by atoms with Gasteiger partial charge in [0.05, 0.1) is 11.6 Å². The molecule has 2 rings (SSSR count). The van der Waals surface area contributed by atoms with E-state index < -0.39 is 0 Å². The Bertz CT molecular complexity index is 445. The van der Waals surface area contributed by atoms with Crippen molar-refractivity contribution in [3.63, 3.8) is 0 Å². The van der Waals surface area contributed by atoms with Crippen molar-refractivity contribution in [2.45, 2.75) is 6.54 Å². The number of phenols is 1. The summed E-state index contributed by atoms with van der Waals surface area (Å²) >= 11 is 0. The molecular formula is C11H13NO2. The number of benzene rings is 1. The van der Waals surface area contributed by atoms with Gasteiger partial charge in [0.2, 0.25) is 0 Å². The molecule has 2 aromatic rings. The third kappa shape index (κ3) is 1.46. The fraction of sp³-hybridized carbons (Fsp3) is 0.273. The van der Waals surface area contributed by atoms with Crippen molar-refractivity contribution >= 4 is 11.0 Å². The highest BCUT2D eigenvalue weighted by Crippen LogP contribution is 2.29. The number of hydrogen-bond donors (Lipinski definition) is 1. The maximum atomic E-state index is 9.68. The van der Waals surface area contributed by atoms with E-state index in [9.17, 15) is 5.11 Å². The van der Waals surface area contributed by atoms with Gasteiger partial charge in [-0.05, 0) is 26.2 Å². The maximum Gasteiger partial charge on any atom is 0.137 e. The van der Waals surface area contributed by atoms with Crippen LogP contribution in [0.25, 0.3) is 11.0 Å². The molecule has 0 saturated carbocycles. The van der Waals surface area contributed by atoms with Crippen molar-refractivity contribution in [2.24, 2.45) is 0 Å². The average Bonchev–Trinajstić information content (AvgIpc) is 2.49. The van der Waals surface area contributed by atoms with E-state index in [1.807, 2.05) is 25.1 Å². The van der Waals surface area contributed by atoms with Crippen LogP contribution in [0.1, 0.15) is 5.56 Å². The first kappa shape index (κ1) is 9.09. The van der Waals surface area contributed by atoms with Gasteiger partial charge in [-0.15, -0.1) is 0 Å². The molecule has 0 saturated heterocycles. The van der Waals surface area contributed by atoms with Crippen molar-refractivity contribution in [2.75, 3.05) is 14.1 Å². The third-order valence-corrected chi connectivity index (χ3v) is 2.14. The number of aromatic hydroxyl groups is 1. The second-order valence-corrected chi connectivity index (χ2v) is 3.65. The van der Waals surface area contributed by atoms with E-state index in [4.69, 9.17) is 4.42 Å². The Labute approximate surface area is 82.6 Å². The van der Waals surface area contributed by atoms with E-state index in [1.165, 1.54) is 0 Å². The minimum absolute atomic E-state index is 0.285. The van der Waals surface area contributed by atoms with Crippen LogP contribution in [0.5, 0.6) is 5.75 Å². The van der Waals surface area contributed by atoms with E-state index >= 15 is 0 Å². The van der Waals surface area contributed by atoms with Crippen molar-refractivity contribution in [1.29, 1.82) is 0 Å². The fourth-order valence-electron chi connectivity index (χ4n) is 1.59. The predicted molar refractivity (Wildman–Crippen MR) is 55.3 cm³/mol. The minimum Gasteiger partial charge on any atom is -0.507 e. The SMILES string of the molecule is CN(C)Cc1coc2cccc(O)c12. The van der Waals surface area contributed by atoms with Gasteiger partial charge in [-0.3, -0.25) is 0 Å². The Kier molecular flexibility index (Phi) is 2.17. The van der Waals surface area contributed by atoms with Crippen LogP contribution in [-0.4, -0.2) is 24.1 Å². The highest BCUT2D eigenvalue weighted by atomic mass is 16.3. The zero-order valence-corrected chi connectivity index (χ0v) is 8.32. The lowest BCUT2D eigenvalue weighted by molar-refractivity contribution is 0.400. The molecule has 0 unspecified atom stereocenters. The molecule has 0 atom stereocenters. The third-order valence-electron chi connectivity index (χ3n) is 2.14. The Morgan fingerprint density at radius 1 is 1.36 bits per heavy atom. The lowest BCUT2D eigenvalue weighted by Crippen LogP contribution is -2.09. The first-order chi connectivity index (χ1) is 6.68. The number of phenolic OH excluding ortho intramolecular Hbond substituents is 1. The highest BCUT2D eigenvalue weighted by molar-refractivity contribution is 5.87. The zero-order valence-electron chi connectivity index (χ0n) is 8.32. The Morgan fingerprint density at radius 3 is 2.86 bits per heavy atom. The molecule has 1 aromatic carbocycles. The molecule has 0 spiro atoms. The quantitative estimate of drug-likeness (QED) is 0.790. The van der Waals surface area contributed by atoms with Gasteiger partial charge in [-0.1, -0.05) is 6.07 Å². The average molecular weight is 191 g/mol. The van der Waals surface area contributed by atoms with E-state index in [0.717, 1.165) is 23.1 Å². The monoisotopic (exact) mass is 191 g/mol. The van der Waals surface area contributed by atoms with E-state index in [0.29, 0.717) is 0 Å².